The molecule has 110 valence electrons. The lowest BCUT2D eigenvalue weighted by Crippen LogP contribution is -2.38. The van der Waals surface area contributed by atoms with E-state index in [0.717, 1.165) is 58.0 Å². The Morgan fingerprint density at radius 3 is 2.85 bits per heavy atom. The second kappa shape index (κ2) is 6.50. The topological polar surface area (TPSA) is 34.6 Å². The Morgan fingerprint density at radius 1 is 1.30 bits per heavy atom. The fourth-order valence-electron chi connectivity index (χ4n) is 2.81. The predicted molar refractivity (Wildman–Crippen MR) is 74.3 cm³/mol. The zero-order valence-corrected chi connectivity index (χ0v) is 11.6. The van der Waals surface area contributed by atoms with Crippen LogP contribution < -0.4 is 4.90 Å². The summed E-state index contributed by atoms with van der Waals surface area (Å²) in [4.78, 5) is 6.06. The lowest BCUT2D eigenvalue weighted by molar-refractivity contribution is 0.0131. The molecular weight excluding hydrogens is 259 g/mol. The van der Waals surface area contributed by atoms with Crippen molar-refractivity contribution in [2.75, 3.05) is 37.8 Å². The predicted octanol–water partition coefficient (Wildman–Crippen LogP) is 2.24. The van der Waals surface area contributed by atoms with Crippen LogP contribution in [0.3, 0.4) is 0 Å². The summed E-state index contributed by atoms with van der Waals surface area (Å²) in [6.07, 6.45) is 3.39. The summed E-state index contributed by atoms with van der Waals surface area (Å²) in [5.74, 6) is 0.882. The van der Waals surface area contributed by atoms with Crippen molar-refractivity contribution < 1.29 is 13.9 Å². The van der Waals surface area contributed by atoms with E-state index >= 15 is 0 Å². The third-order valence-electron chi connectivity index (χ3n) is 4.06. The lowest BCUT2D eigenvalue weighted by atomic mass is 10.1. The van der Waals surface area contributed by atoms with Crippen molar-refractivity contribution in [3.05, 3.63) is 24.1 Å². The summed E-state index contributed by atoms with van der Waals surface area (Å²) in [6, 6.07) is 4.95. The fraction of sp³-hybridized carbons (Fsp3) is 0.667. The minimum Gasteiger partial charge on any atom is -0.381 e. The van der Waals surface area contributed by atoms with Crippen molar-refractivity contribution in [3.8, 4) is 0 Å². The summed E-state index contributed by atoms with van der Waals surface area (Å²) in [5.41, 5.74) is 0. The van der Waals surface area contributed by atoms with Crippen LogP contribution in [-0.2, 0) is 9.47 Å². The highest BCUT2D eigenvalue weighted by molar-refractivity contribution is 5.38. The van der Waals surface area contributed by atoms with Gasteiger partial charge in [0.2, 0.25) is 5.95 Å². The molecule has 3 heterocycles. The zero-order chi connectivity index (χ0) is 13.8. The van der Waals surface area contributed by atoms with Gasteiger partial charge in [-0.05, 0) is 31.4 Å². The van der Waals surface area contributed by atoms with Crippen LogP contribution >= 0.6 is 0 Å². The molecule has 1 unspecified atom stereocenters. The number of hydrogen-bond acceptors (Lipinski definition) is 4. The molecule has 3 rings (SSSR count). The van der Waals surface area contributed by atoms with E-state index in [9.17, 15) is 4.39 Å². The Bertz CT molecular complexity index is 430. The minimum atomic E-state index is -0.415. The lowest BCUT2D eigenvalue weighted by Gasteiger charge is -2.33. The molecule has 1 atom stereocenters. The second-order valence-corrected chi connectivity index (χ2v) is 5.57. The monoisotopic (exact) mass is 280 g/mol. The Balaban J connectivity index is 1.44. The van der Waals surface area contributed by atoms with Crippen molar-refractivity contribution in [2.45, 2.75) is 25.4 Å². The van der Waals surface area contributed by atoms with E-state index in [1.807, 2.05) is 6.07 Å². The molecule has 0 amide bonds. The van der Waals surface area contributed by atoms with Gasteiger partial charge >= 0.3 is 0 Å². The fourth-order valence-corrected chi connectivity index (χ4v) is 2.81. The van der Waals surface area contributed by atoms with Gasteiger partial charge in [-0.3, -0.25) is 0 Å². The van der Waals surface area contributed by atoms with Crippen LogP contribution in [0.5, 0.6) is 0 Å². The average Bonchev–Trinajstić information content (AvgIpc) is 2.99. The smallest absolute Gasteiger partial charge is 0.214 e. The van der Waals surface area contributed by atoms with Crippen molar-refractivity contribution in [3.63, 3.8) is 0 Å². The molecule has 2 aliphatic rings. The standard InChI is InChI=1S/C15H21FN2O2/c16-14-2-1-3-15(17-14)18-7-4-13(5-8-18)20-11-12-6-9-19-10-12/h1-3,12-13H,4-11H2. The first kappa shape index (κ1) is 13.8. The highest BCUT2D eigenvalue weighted by Gasteiger charge is 2.23. The molecule has 0 radical (unpaired) electrons. The van der Waals surface area contributed by atoms with Gasteiger partial charge in [0.05, 0.1) is 19.3 Å². The molecule has 1 aromatic heterocycles. The number of rotatable bonds is 4. The maximum absolute atomic E-state index is 13.1. The molecular formula is C15H21FN2O2. The number of hydrogen-bond donors (Lipinski definition) is 0. The first-order valence-electron chi connectivity index (χ1n) is 7.38. The van der Waals surface area contributed by atoms with Gasteiger partial charge < -0.3 is 14.4 Å². The first-order chi connectivity index (χ1) is 9.81. The van der Waals surface area contributed by atoms with E-state index in [1.165, 1.54) is 6.07 Å². The summed E-state index contributed by atoms with van der Waals surface area (Å²) in [6.45, 7) is 4.28. The van der Waals surface area contributed by atoms with Crippen LogP contribution in [0.1, 0.15) is 19.3 Å². The molecule has 0 aliphatic carbocycles. The van der Waals surface area contributed by atoms with Gasteiger partial charge in [0.25, 0.3) is 0 Å². The van der Waals surface area contributed by atoms with Gasteiger partial charge in [0.15, 0.2) is 0 Å². The van der Waals surface area contributed by atoms with E-state index in [4.69, 9.17) is 9.47 Å². The van der Waals surface area contributed by atoms with Crippen molar-refractivity contribution in [1.82, 2.24) is 4.98 Å². The average molecular weight is 280 g/mol. The normalized spacial score (nSPS) is 24.2. The summed E-state index contributed by atoms with van der Waals surface area (Å²) < 4.78 is 24.4. The van der Waals surface area contributed by atoms with Crippen LogP contribution in [0.2, 0.25) is 0 Å². The van der Waals surface area contributed by atoms with E-state index < -0.39 is 5.95 Å². The summed E-state index contributed by atoms with van der Waals surface area (Å²) in [5, 5.41) is 0. The number of aromatic nitrogens is 1. The number of pyridine rings is 1. The van der Waals surface area contributed by atoms with Crippen molar-refractivity contribution in [1.29, 1.82) is 0 Å². The van der Waals surface area contributed by atoms with Gasteiger partial charge in [-0.25, -0.2) is 4.98 Å². The number of anilines is 1. The second-order valence-electron chi connectivity index (χ2n) is 5.57. The number of nitrogens with zero attached hydrogens (tertiary/aromatic N) is 2. The number of piperidine rings is 1. The third kappa shape index (κ3) is 3.46. The molecule has 2 saturated heterocycles. The summed E-state index contributed by atoms with van der Waals surface area (Å²) >= 11 is 0. The Labute approximate surface area is 118 Å². The van der Waals surface area contributed by atoms with E-state index in [1.54, 1.807) is 6.07 Å². The molecule has 0 spiro atoms. The SMILES string of the molecule is Fc1cccc(N2CCC(OCC3CCOC3)CC2)n1. The first-order valence-corrected chi connectivity index (χ1v) is 7.38. The van der Waals surface area contributed by atoms with E-state index in [0.29, 0.717) is 12.0 Å². The maximum atomic E-state index is 13.1. The molecule has 0 N–H and O–H groups in total. The zero-order valence-electron chi connectivity index (χ0n) is 11.6. The molecule has 20 heavy (non-hydrogen) atoms. The molecule has 4 nitrogen and oxygen atoms in total. The van der Waals surface area contributed by atoms with Crippen LogP contribution in [0.4, 0.5) is 10.2 Å². The third-order valence-corrected chi connectivity index (χ3v) is 4.06. The van der Waals surface area contributed by atoms with Crippen LogP contribution in [0.15, 0.2) is 18.2 Å². The van der Waals surface area contributed by atoms with Crippen molar-refractivity contribution >= 4 is 5.82 Å². The quantitative estimate of drug-likeness (QED) is 0.792. The number of halogens is 1. The highest BCUT2D eigenvalue weighted by Crippen LogP contribution is 2.21. The molecule has 0 saturated carbocycles. The van der Waals surface area contributed by atoms with Crippen LogP contribution in [-0.4, -0.2) is 44.0 Å². The number of ether oxygens (including phenoxy) is 2. The van der Waals surface area contributed by atoms with Gasteiger partial charge in [0.1, 0.15) is 5.82 Å². The molecule has 1 aromatic rings. The molecule has 2 aliphatic heterocycles. The molecule has 0 aromatic carbocycles. The Hall–Kier alpha value is -1.20. The molecule has 0 bridgehead atoms. The van der Waals surface area contributed by atoms with Gasteiger partial charge in [-0.1, -0.05) is 6.07 Å². The minimum absolute atomic E-state index is 0.320. The van der Waals surface area contributed by atoms with Gasteiger partial charge in [-0.15, -0.1) is 0 Å². The highest BCUT2D eigenvalue weighted by atomic mass is 19.1. The van der Waals surface area contributed by atoms with Crippen LogP contribution in [0, 0.1) is 11.9 Å². The summed E-state index contributed by atoms with van der Waals surface area (Å²) in [7, 11) is 0. The van der Waals surface area contributed by atoms with Crippen LogP contribution in [0.25, 0.3) is 0 Å². The molecule has 5 heteroatoms. The maximum Gasteiger partial charge on any atom is 0.214 e. The Morgan fingerprint density at radius 2 is 2.15 bits per heavy atom. The molecule has 2 fully saturated rings. The Kier molecular flexibility index (Phi) is 4.47. The van der Waals surface area contributed by atoms with E-state index in [-0.39, 0.29) is 0 Å². The largest absolute Gasteiger partial charge is 0.381 e. The van der Waals surface area contributed by atoms with E-state index in [2.05, 4.69) is 9.88 Å². The van der Waals surface area contributed by atoms with Gasteiger partial charge in [0, 0.05) is 25.6 Å². The van der Waals surface area contributed by atoms with Gasteiger partial charge in [-0.2, -0.15) is 4.39 Å². The van der Waals surface area contributed by atoms with Crippen molar-refractivity contribution in [2.24, 2.45) is 5.92 Å².